The number of benzene rings is 3. The zero-order valence-corrected chi connectivity index (χ0v) is 19.0. The van der Waals surface area contributed by atoms with Crippen molar-refractivity contribution in [1.29, 1.82) is 5.26 Å². The summed E-state index contributed by atoms with van der Waals surface area (Å²) < 4.78 is 27.9. The molecule has 33 heavy (non-hydrogen) atoms. The van der Waals surface area contributed by atoms with Crippen molar-refractivity contribution in [2.45, 2.75) is 31.4 Å². The van der Waals surface area contributed by atoms with Crippen molar-refractivity contribution >= 4 is 27.3 Å². The molecule has 0 aliphatic carbocycles. The molecule has 0 saturated heterocycles. The first kappa shape index (κ1) is 22.6. The molecule has 7 heteroatoms. The van der Waals surface area contributed by atoms with E-state index in [9.17, 15) is 13.2 Å². The Morgan fingerprint density at radius 3 is 2.48 bits per heavy atom. The van der Waals surface area contributed by atoms with Gasteiger partial charge in [0.2, 0.25) is 15.9 Å². The van der Waals surface area contributed by atoms with Crippen molar-refractivity contribution in [2.24, 2.45) is 0 Å². The smallest absolute Gasteiger partial charge is 0.236 e. The number of hydrogen-bond donors (Lipinski definition) is 1. The minimum atomic E-state index is -3.58. The number of aryl methyl sites for hydroxylation is 2. The Balaban J connectivity index is 1.46. The van der Waals surface area contributed by atoms with Crippen LogP contribution in [0.25, 0.3) is 0 Å². The Hall–Kier alpha value is -3.63. The highest BCUT2D eigenvalue weighted by atomic mass is 32.2. The standard InChI is InChI=1S/C26H25N3O3S/c27-18-21-10-8-20(9-11-21)12-15-26(30)29-16-4-7-23-13-14-24(17-25(23)29)28-33(31,32)19-22-5-2-1-3-6-22/h1-3,5-6,8-11,13-14,17,28H,4,7,12,15-16,19H2. The minimum Gasteiger partial charge on any atom is -0.312 e. The van der Waals surface area contributed by atoms with Crippen LogP contribution < -0.4 is 9.62 Å². The van der Waals surface area contributed by atoms with Crippen LogP contribution in [0.3, 0.4) is 0 Å². The molecule has 4 rings (SSSR count). The van der Waals surface area contributed by atoms with E-state index in [0.29, 0.717) is 36.2 Å². The van der Waals surface area contributed by atoms with Crippen molar-refractivity contribution in [3.05, 3.63) is 95.1 Å². The van der Waals surface area contributed by atoms with E-state index >= 15 is 0 Å². The molecule has 0 fully saturated rings. The van der Waals surface area contributed by atoms with E-state index in [4.69, 9.17) is 5.26 Å². The quantitative estimate of drug-likeness (QED) is 0.567. The lowest BCUT2D eigenvalue weighted by Gasteiger charge is -2.30. The predicted octanol–water partition coefficient (Wildman–Crippen LogP) is 4.41. The highest BCUT2D eigenvalue weighted by Gasteiger charge is 2.23. The van der Waals surface area contributed by atoms with Gasteiger partial charge in [-0.15, -0.1) is 0 Å². The molecular weight excluding hydrogens is 434 g/mol. The van der Waals surface area contributed by atoms with Crippen LogP contribution in [0.4, 0.5) is 11.4 Å². The number of rotatable bonds is 7. The molecule has 0 unspecified atom stereocenters. The van der Waals surface area contributed by atoms with Crippen LogP contribution in [0.5, 0.6) is 0 Å². The van der Waals surface area contributed by atoms with Gasteiger partial charge in [0.05, 0.1) is 23.1 Å². The SMILES string of the molecule is N#Cc1ccc(CCC(=O)N2CCCc3ccc(NS(=O)(=O)Cc4ccccc4)cc32)cc1. The maximum absolute atomic E-state index is 13.0. The lowest BCUT2D eigenvalue weighted by Crippen LogP contribution is -2.35. The summed E-state index contributed by atoms with van der Waals surface area (Å²) >= 11 is 0. The molecule has 1 aliphatic rings. The Labute approximate surface area is 194 Å². The summed E-state index contributed by atoms with van der Waals surface area (Å²) in [5, 5.41) is 8.92. The number of fused-ring (bicyclic) bond motifs is 1. The molecule has 0 saturated carbocycles. The molecule has 1 N–H and O–H groups in total. The number of nitrogens with zero attached hydrogens (tertiary/aromatic N) is 2. The van der Waals surface area contributed by atoms with E-state index in [2.05, 4.69) is 10.8 Å². The van der Waals surface area contributed by atoms with Gasteiger partial charge in [0.15, 0.2) is 0 Å². The van der Waals surface area contributed by atoms with Crippen molar-refractivity contribution in [2.75, 3.05) is 16.2 Å². The van der Waals surface area contributed by atoms with Gasteiger partial charge in [0.25, 0.3) is 0 Å². The molecule has 3 aromatic rings. The van der Waals surface area contributed by atoms with E-state index in [1.807, 2.05) is 36.4 Å². The monoisotopic (exact) mass is 459 g/mol. The largest absolute Gasteiger partial charge is 0.312 e. The predicted molar refractivity (Wildman–Crippen MR) is 129 cm³/mol. The molecule has 1 aliphatic heterocycles. The Morgan fingerprint density at radius 1 is 1.00 bits per heavy atom. The van der Waals surface area contributed by atoms with Gasteiger partial charge in [-0.1, -0.05) is 48.5 Å². The number of amides is 1. The van der Waals surface area contributed by atoms with Crippen LogP contribution in [0.2, 0.25) is 0 Å². The summed E-state index contributed by atoms with van der Waals surface area (Å²) in [5.41, 5.74) is 4.57. The second kappa shape index (κ2) is 9.88. The summed E-state index contributed by atoms with van der Waals surface area (Å²) in [5.74, 6) is -0.109. The Kier molecular flexibility index (Phi) is 6.76. The van der Waals surface area contributed by atoms with E-state index in [1.54, 1.807) is 41.3 Å². The molecule has 0 spiro atoms. The molecule has 3 aromatic carbocycles. The number of nitrogens with one attached hydrogen (secondary N) is 1. The molecule has 1 heterocycles. The summed E-state index contributed by atoms with van der Waals surface area (Å²) in [4.78, 5) is 14.8. The van der Waals surface area contributed by atoms with E-state index < -0.39 is 10.0 Å². The van der Waals surface area contributed by atoms with Gasteiger partial charge in [0.1, 0.15) is 0 Å². The summed E-state index contributed by atoms with van der Waals surface area (Å²) in [7, 11) is -3.58. The average molecular weight is 460 g/mol. The average Bonchev–Trinajstić information content (AvgIpc) is 2.82. The fourth-order valence-electron chi connectivity index (χ4n) is 4.04. The lowest BCUT2D eigenvalue weighted by molar-refractivity contribution is -0.118. The summed E-state index contributed by atoms with van der Waals surface area (Å²) in [6, 6.07) is 23.8. The summed E-state index contributed by atoms with van der Waals surface area (Å²) in [6.45, 7) is 0.611. The molecule has 1 amide bonds. The first-order chi connectivity index (χ1) is 15.9. The zero-order chi connectivity index (χ0) is 23.3. The first-order valence-electron chi connectivity index (χ1n) is 10.9. The van der Waals surface area contributed by atoms with Crippen LogP contribution in [-0.2, 0) is 33.4 Å². The molecule has 0 bridgehead atoms. The maximum Gasteiger partial charge on any atom is 0.236 e. The topological polar surface area (TPSA) is 90.3 Å². The molecule has 168 valence electrons. The first-order valence-corrected chi connectivity index (χ1v) is 12.6. The third-order valence-electron chi connectivity index (χ3n) is 5.69. The second-order valence-corrected chi connectivity index (χ2v) is 9.87. The van der Waals surface area contributed by atoms with Crippen molar-refractivity contribution < 1.29 is 13.2 Å². The van der Waals surface area contributed by atoms with Gasteiger partial charge in [-0.05, 0) is 60.2 Å². The molecular formula is C26H25N3O3S. The number of carbonyl (C=O) groups is 1. The molecule has 0 atom stereocenters. The van der Waals surface area contributed by atoms with Gasteiger partial charge in [0, 0.05) is 18.7 Å². The van der Waals surface area contributed by atoms with Crippen LogP contribution in [0.1, 0.15) is 35.1 Å². The van der Waals surface area contributed by atoms with Gasteiger partial charge >= 0.3 is 0 Å². The van der Waals surface area contributed by atoms with E-state index in [1.165, 1.54) is 0 Å². The Morgan fingerprint density at radius 2 is 1.76 bits per heavy atom. The van der Waals surface area contributed by atoms with E-state index in [0.717, 1.165) is 29.7 Å². The number of nitriles is 1. The fourth-order valence-corrected chi connectivity index (χ4v) is 5.23. The minimum absolute atomic E-state index is 0.00426. The third kappa shape index (κ3) is 5.79. The third-order valence-corrected chi connectivity index (χ3v) is 6.95. The molecule has 6 nitrogen and oxygen atoms in total. The highest BCUT2D eigenvalue weighted by molar-refractivity contribution is 7.91. The van der Waals surface area contributed by atoms with Crippen LogP contribution in [0.15, 0.2) is 72.8 Å². The van der Waals surface area contributed by atoms with Crippen molar-refractivity contribution in [1.82, 2.24) is 0 Å². The van der Waals surface area contributed by atoms with Gasteiger partial charge in [-0.25, -0.2) is 8.42 Å². The number of sulfonamides is 1. The van der Waals surface area contributed by atoms with Crippen LogP contribution in [0, 0.1) is 11.3 Å². The zero-order valence-electron chi connectivity index (χ0n) is 18.2. The summed E-state index contributed by atoms with van der Waals surface area (Å²) in [6.07, 6.45) is 2.65. The number of hydrogen-bond acceptors (Lipinski definition) is 4. The highest BCUT2D eigenvalue weighted by Crippen LogP contribution is 2.31. The van der Waals surface area contributed by atoms with Crippen molar-refractivity contribution in [3.8, 4) is 6.07 Å². The number of anilines is 2. The van der Waals surface area contributed by atoms with E-state index in [-0.39, 0.29) is 11.7 Å². The van der Waals surface area contributed by atoms with Crippen molar-refractivity contribution in [3.63, 3.8) is 0 Å². The lowest BCUT2D eigenvalue weighted by atomic mass is 10.00. The van der Waals surface area contributed by atoms with Gasteiger partial charge < -0.3 is 4.90 Å². The fraction of sp³-hybridized carbons (Fsp3) is 0.231. The maximum atomic E-state index is 13.0. The van der Waals surface area contributed by atoms with Crippen LogP contribution in [-0.4, -0.2) is 20.9 Å². The van der Waals surface area contributed by atoms with Crippen LogP contribution >= 0.6 is 0 Å². The molecule has 0 aromatic heterocycles. The second-order valence-electron chi connectivity index (χ2n) is 8.15. The molecule has 0 radical (unpaired) electrons. The Bertz CT molecular complexity index is 1280. The normalized spacial score (nSPS) is 13.1. The van der Waals surface area contributed by atoms with Gasteiger partial charge in [-0.3, -0.25) is 9.52 Å². The number of carbonyl (C=O) groups excluding carboxylic acids is 1. The van der Waals surface area contributed by atoms with Gasteiger partial charge in [-0.2, -0.15) is 5.26 Å².